The number of benzene rings is 14. The average Bonchev–Trinajstić information content (AvgIpc) is 1.54. The van der Waals surface area contributed by atoms with Gasteiger partial charge in [-0.25, -0.2) is 0 Å². The van der Waals surface area contributed by atoms with Crippen molar-refractivity contribution in [3.63, 3.8) is 0 Å². The summed E-state index contributed by atoms with van der Waals surface area (Å²) in [5.74, 6) is 0. The summed E-state index contributed by atoms with van der Waals surface area (Å²) in [6, 6.07) is 112. The molecule has 86 heavy (non-hydrogen) atoms. The molecule has 17 rings (SSSR count). The molecule has 0 unspecified atom stereocenters. The fourth-order valence-electron chi connectivity index (χ4n) is 13.4. The Morgan fingerprint density at radius 3 is 1.31 bits per heavy atom. The Bertz CT molecular complexity index is 5380. The quantitative estimate of drug-likeness (QED) is 0.128. The van der Waals surface area contributed by atoms with Crippen molar-refractivity contribution in [1.82, 2.24) is 4.40 Å². The molecule has 0 fully saturated rings. The van der Waals surface area contributed by atoms with Crippen LogP contribution in [0, 0.1) is 0 Å². The van der Waals surface area contributed by atoms with Crippen molar-refractivity contribution >= 4 is 115 Å². The molecule has 0 aliphatic heterocycles. The summed E-state index contributed by atoms with van der Waals surface area (Å²) in [6.07, 6.45) is 0. The number of para-hydroxylation sites is 2. The predicted molar refractivity (Wildman–Crippen MR) is 368 cm³/mol. The molecule has 0 saturated carbocycles. The van der Waals surface area contributed by atoms with Gasteiger partial charge in [0.2, 0.25) is 0 Å². The SMILES string of the molecule is [2H]c1ccc(N(c2cc(-c3ccccc3)cc(-c3ccccc3)c2)c2ccc3c(c2)sc2ccc4cc5c6ccc(N(c7ccc([2H])cc7)c7cc(-c8ccccc8)cc(-c8ccccc8)c7)c7c8cc(-c9ccccc9)ccc8n(c5cc4c23)c67)cc1. The highest BCUT2D eigenvalue weighted by molar-refractivity contribution is 7.26. The molecule has 17 aromatic rings. The molecule has 3 aromatic heterocycles. The molecule has 0 atom stereocenters. The van der Waals surface area contributed by atoms with Crippen molar-refractivity contribution in [2.24, 2.45) is 0 Å². The number of thiophene rings is 1. The van der Waals surface area contributed by atoms with E-state index < -0.39 is 0 Å². The molecular weight excluding hydrogens is 1060 g/mol. The maximum absolute atomic E-state index is 8.67. The van der Waals surface area contributed by atoms with Crippen LogP contribution < -0.4 is 9.80 Å². The summed E-state index contributed by atoms with van der Waals surface area (Å²) in [4.78, 5) is 4.76. The maximum Gasteiger partial charge on any atom is 0.0641 e. The van der Waals surface area contributed by atoms with Gasteiger partial charge in [-0.15, -0.1) is 11.3 Å². The number of aromatic nitrogens is 1. The van der Waals surface area contributed by atoms with Gasteiger partial charge in [-0.05, 0) is 176 Å². The smallest absolute Gasteiger partial charge is 0.0641 e. The summed E-state index contributed by atoms with van der Waals surface area (Å²) < 4.78 is 22.1. The van der Waals surface area contributed by atoms with E-state index in [-0.39, 0.29) is 0 Å². The van der Waals surface area contributed by atoms with Crippen LogP contribution in [0.1, 0.15) is 2.74 Å². The lowest BCUT2D eigenvalue weighted by molar-refractivity contribution is 1.29. The van der Waals surface area contributed by atoms with Gasteiger partial charge in [-0.1, -0.05) is 212 Å². The highest BCUT2D eigenvalue weighted by Crippen LogP contribution is 2.51. The highest BCUT2D eigenvalue weighted by Gasteiger charge is 2.27. The van der Waals surface area contributed by atoms with Gasteiger partial charge in [0, 0.05) is 70.2 Å². The van der Waals surface area contributed by atoms with Crippen molar-refractivity contribution in [2.45, 2.75) is 0 Å². The van der Waals surface area contributed by atoms with E-state index in [1.165, 1.54) is 58.2 Å². The number of hydrogen-bond acceptors (Lipinski definition) is 3. The minimum atomic E-state index is 0.463. The first-order valence-electron chi connectivity index (χ1n) is 30.3. The van der Waals surface area contributed by atoms with E-state index >= 15 is 0 Å². The fraction of sp³-hybridized carbons (Fsp3) is 0. The number of fused-ring (bicyclic) bond motifs is 11. The lowest BCUT2D eigenvalue weighted by Gasteiger charge is -2.28. The third kappa shape index (κ3) is 8.33. The van der Waals surface area contributed by atoms with E-state index in [9.17, 15) is 0 Å². The van der Waals surface area contributed by atoms with Crippen molar-refractivity contribution < 1.29 is 2.74 Å². The molecule has 402 valence electrons. The van der Waals surface area contributed by atoms with Crippen molar-refractivity contribution in [3.8, 4) is 55.6 Å². The zero-order valence-corrected chi connectivity index (χ0v) is 47.5. The standard InChI is InChI=1S/C82H53N3S/c1-8-22-54(23-9-1)59-36-41-75-74(50-59)81-76(84(66-34-20-7-21-35-66)69-48-63(57-28-14-4-15-29-57)45-64(49-69)58-30-16-5-17-31-58)42-40-70-73-51-60-37-43-78-80(72(60)53-77(73)85(75)82(70)81)71-39-38-67(52-79(71)86-78)83(65-32-18-6-19-33-65)68-46-61(55-24-10-2-11-25-55)44-62(47-68)56-26-12-3-13-27-56/h1-53H/i6D,7D. The van der Waals surface area contributed by atoms with E-state index in [4.69, 9.17) is 2.74 Å². The molecular formula is C82H53N3S. The van der Waals surface area contributed by atoms with E-state index in [1.54, 1.807) is 0 Å². The van der Waals surface area contributed by atoms with Crippen molar-refractivity contribution in [2.75, 3.05) is 9.80 Å². The van der Waals surface area contributed by atoms with Crippen molar-refractivity contribution in [3.05, 3.63) is 321 Å². The largest absolute Gasteiger partial charge is 0.310 e. The monoisotopic (exact) mass is 1110 g/mol. The summed E-state index contributed by atoms with van der Waals surface area (Å²) in [7, 11) is 0. The predicted octanol–water partition coefficient (Wildman–Crippen LogP) is 23.6. The normalized spacial score (nSPS) is 12.0. The van der Waals surface area contributed by atoms with Gasteiger partial charge in [0.05, 0.1) is 25.0 Å². The van der Waals surface area contributed by atoms with Crippen LogP contribution in [0.25, 0.3) is 125 Å². The maximum atomic E-state index is 8.67. The molecule has 0 aliphatic rings. The van der Waals surface area contributed by atoms with Crippen LogP contribution in [-0.4, -0.2) is 4.40 Å². The Kier molecular flexibility index (Phi) is 11.2. The summed E-state index contributed by atoms with van der Waals surface area (Å²) in [6.45, 7) is 0. The first-order chi connectivity index (χ1) is 43.4. The Balaban J connectivity index is 0.888. The van der Waals surface area contributed by atoms with Gasteiger partial charge >= 0.3 is 0 Å². The Morgan fingerprint density at radius 2 is 0.767 bits per heavy atom. The second kappa shape index (κ2) is 20.4. The van der Waals surface area contributed by atoms with Gasteiger partial charge in [-0.2, -0.15) is 0 Å². The average molecular weight is 1110 g/mol. The van der Waals surface area contributed by atoms with Crippen LogP contribution in [0.4, 0.5) is 34.1 Å². The zero-order chi connectivity index (χ0) is 58.4. The zero-order valence-electron chi connectivity index (χ0n) is 48.7. The van der Waals surface area contributed by atoms with E-state index in [0.29, 0.717) is 12.1 Å². The van der Waals surface area contributed by atoms with Gasteiger partial charge < -0.3 is 14.2 Å². The molecule has 0 saturated heterocycles. The van der Waals surface area contributed by atoms with Crippen LogP contribution in [0.2, 0.25) is 0 Å². The minimum absolute atomic E-state index is 0.463. The molecule has 3 nitrogen and oxygen atoms in total. The Morgan fingerprint density at radius 1 is 0.267 bits per heavy atom. The molecule has 4 heteroatoms. The van der Waals surface area contributed by atoms with E-state index in [0.717, 1.165) is 101 Å². The molecule has 14 aromatic carbocycles. The molecule has 0 bridgehead atoms. The second-order valence-electron chi connectivity index (χ2n) is 22.3. The van der Waals surface area contributed by atoms with Gasteiger partial charge in [0.1, 0.15) is 0 Å². The fourth-order valence-corrected chi connectivity index (χ4v) is 14.5. The molecule has 0 amide bonds. The molecule has 0 radical (unpaired) electrons. The third-order valence-electron chi connectivity index (χ3n) is 17.3. The Hall–Kier alpha value is -11.0. The van der Waals surface area contributed by atoms with Crippen LogP contribution in [0.3, 0.4) is 0 Å². The molecule has 0 N–H and O–H groups in total. The third-order valence-corrected chi connectivity index (χ3v) is 18.4. The lowest BCUT2D eigenvalue weighted by Crippen LogP contribution is -2.10. The first-order valence-corrected chi connectivity index (χ1v) is 30.1. The summed E-state index contributed by atoms with van der Waals surface area (Å²) >= 11 is 1.84. The van der Waals surface area contributed by atoms with Gasteiger partial charge in [-0.3, -0.25) is 0 Å². The molecule has 0 aliphatic carbocycles. The Labute approximate surface area is 505 Å². The van der Waals surface area contributed by atoms with Crippen molar-refractivity contribution in [1.29, 1.82) is 0 Å². The van der Waals surface area contributed by atoms with E-state index in [2.05, 4.69) is 299 Å². The summed E-state index contributed by atoms with van der Waals surface area (Å²) in [5, 5.41) is 9.62. The topological polar surface area (TPSA) is 10.9 Å². The van der Waals surface area contributed by atoms with Crippen LogP contribution in [0.5, 0.6) is 0 Å². The van der Waals surface area contributed by atoms with E-state index in [1.807, 2.05) is 35.6 Å². The first kappa shape index (κ1) is 47.4. The number of rotatable bonds is 11. The van der Waals surface area contributed by atoms with Crippen LogP contribution in [-0.2, 0) is 0 Å². The molecule has 3 heterocycles. The molecule has 0 spiro atoms. The minimum Gasteiger partial charge on any atom is -0.310 e. The highest BCUT2D eigenvalue weighted by atomic mass is 32.1. The summed E-state index contributed by atoms with van der Waals surface area (Å²) in [5.41, 5.74) is 21.0. The number of anilines is 6. The van der Waals surface area contributed by atoms with Crippen LogP contribution >= 0.6 is 11.3 Å². The second-order valence-corrected chi connectivity index (χ2v) is 23.4. The number of hydrogen-bond donors (Lipinski definition) is 0. The number of nitrogens with zero attached hydrogens (tertiary/aromatic N) is 3. The van der Waals surface area contributed by atoms with Crippen LogP contribution in [0.15, 0.2) is 321 Å². The van der Waals surface area contributed by atoms with Gasteiger partial charge in [0.15, 0.2) is 0 Å². The lowest BCUT2D eigenvalue weighted by atomic mass is 9.96. The van der Waals surface area contributed by atoms with Gasteiger partial charge in [0.25, 0.3) is 0 Å².